The number of esters is 1. The van der Waals surface area contributed by atoms with Crippen LogP contribution in [0.1, 0.15) is 10.5 Å². The first-order valence-corrected chi connectivity index (χ1v) is 4.85. The van der Waals surface area contributed by atoms with E-state index in [9.17, 15) is 4.79 Å². The van der Waals surface area contributed by atoms with Crippen molar-refractivity contribution in [3.8, 4) is 11.3 Å². The molecule has 0 unspecified atom stereocenters. The molecule has 16 heavy (non-hydrogen) atoms. The molecule has 0 spiro atoms. The Morgan fingerprint density at radius 2 is 2.25 bits per heavy atom. The minimum Gasteiger partial charge on any atom is -0.464 e. The number of benzene rings is 1. The minimum absolute atomic E-state index is 0.143. The van der Waals surface area contributed by atoms with Gasteiger partial charge in [-0.2, -0.15) is 10.3 Å². The predicted molar refractivity (Wildman–Crippen MR) is 58.2 cm³/mol. The number of carbonyl (C=O) groups is 1. The van der Waals surface area contributed by atoms with Crippen molar-refractivity contribution in [1.29, 1.82) is 0 Å². The molecule has 0 atom stereocenters. The Bertz CT molecular complexity index is 524. The molecule has 0 radical (unpaired) electrons. The van der Waals surface area contributed by atoms with E-state index < -0.39 is 5.97 Å². The Morgan fingerprint density at radius 3 is 2.94 bits per heavy atom. The molecule has 0 saturated heterocycles. The van der Waals surface area contributed by atoms with Crippen molar-refractivity contribution in [2.75, 3.05) is 7.11 Å². The maximum absolute atomic E-state index is 11.4. The molecule has 0 aliphatic heterocycles. The maximum Gasteiger partial charge on any atom is 0.360 e. The summed E-state index contributed by atoms with van der Waals surface area (Å²) >= 11 is 5.85. The second kappa shape index (κ2) is 4.32. The molecule has 0 aliphatic rings. The highest BCUT2D eigenvalue weighted by Crippen LogP contribution is 2.23. The van der Waals surface area contributed by atoms with Crippen molar-refractivity contribution < 1.29 is 9.53 Å². The van der Waals surface area contributed by atoms with Crippen LogP contribution in [0.2, 0.25) is 5.02 Å². The number of ether oxygens (including phenoxy) is 1. The van der Waals surface area contributed by atoms with Crippen LogP contribution in [0.25, 0.3) is 11.3 Å². The van der Waals surface area contributed by atoms with Crippen LogP contribution in [0, 0.1) is 0 Å². The normalized spacial score (nSPS) is 10.1. The fraction of sp³-hybridized carbons (Fsp3) is 0.100. The lowest BCUT2D eigenvalue weighted by Gasteiger charge is -1.99. The van der Waals surface area contributed by atoms with Crippen LogP contribution in [0.15, 0.2) is 24.3 Å². The van der Waals surface area contributed by atoms with E-state index >= 15 is 0 Å². The quantitative estimate of drug-likeness (QED) is 0.811. The lowest BCUT2D eigenvalue weighted by molar-refractivity contribution is 0.0595. The van der Waals surface area contributed by atoms with Gasteiger partial charge in [0.1, 0.15) is 5.69 Å². The summed E-state index contributed by atoms with van der Waals surface area (Å²) in [5.41, 5.74) is 1.28. The van der Waals surface area contributed by atoms with Gasteiger partial charge < -0.3 is 4.74 Å². The molecule has 1 aromatic heterocycles. The van der Waals surface area contributed by atoms with Crippen molar-refractivity contribution in [2.45, 2.75) is 0 Å². The van der Waals surface area contributed by atoms with Crippen LogP contribution in [0.4, 0.5) is 0 Å². The first-order chi connectivity index (χ1) is 7.72. The van der Waals surface area contributed by atoms with Crippen molar-refractivity contribution in [1.82, 2.24) is 15.4 Å². The van der Waals surface area contributed by atoms with Crippen LogP contribution in [-0.4, -0.2) is 28.5 Å². The average Bonchev–Trinajstić information content (AvgIpc) is 2.77. The number of halogens is 1. The van der Waals surface area contributed by atoms with Crippen LogP contribution < -0.4 is 0 Å². The molecule has 6 heteroatoms. The van der Waals surface area contributed by atoms with Crippen LogP contribution in [0.3, 0.4) is 0 Å². The monoisotopic (exact) mass is 237 g/mol. The van der Waals surface area contributed by atoms with E-state index in [1.54, 1.807) is 24.3 Å². The van der Waals surface area contributed by atoms with Gasteiger partial charge in [-0.05, 0) is 12.1 Å². The number of nitrogens with one attached hydrogen (secondary N) is 1. The topological polar surface area (TPSA) is 67.9 Å². The average molecular weight is 238 g/mol. The molecule has 5 nitrogen and oxygen atoms in total. The Balaban J connectivity index is 2.48. The smallest absolute Gasteiger partial charge is 0.360 e. The van der Waals surface area contributed by atoms with Gasteiger partial charge >= 0.3 is 5.97 Å². The molecule has 0 amide bonds. The number of hydrogen-bond acceptors (Lipinski definition) is 4. The van der Waals surface area contributed by atoms with E-state index in [-0.39, 0.29) is 5.69 Å². The summed E-state index contributed by atoms with van der Waals surface area (Å²) in [4.78, 5) is 11.4. The van der Waals surface area contributed by atoms with Gasteiger partial charge in [-0.3, -0.25) is 0 Å². The van der Waals surface area contributed by atoms with Crippen molar-refractivity contribution >= 4 is 17.6 Å². The van der Waals surface area contributed by atoms with Gasteiger partial charge in [0.05, 0.1) is 7.11 Å². The zero-order valence-corrected chi connectivity index (χ0v) is 9.15. The van der Waals surface area contributed by atoms with Crippen molar-refractivity contribution in [3.05, 3.63) is 35.0 Å². The van der Waals surface area contributed by atoms with Crippen molar-refractivity contribution in [3.63, 3.8) is 0 Å². The molecular formula is C10H8ClN3O2. The van der Waals surface area contributed by atoms with Crippen LogP contribution >= 0.6 is 11.6 Å². The summed E-state index contributed by atoms with van der Waals surface area (Å²) in [7, 11) is 1.29. The van der Waals surface area contributed by atoms with E-state index in [1.807, 2.05) is 0 Å². The highest BCUT2D eigenvalue weighted by atomic mass is 35.5. The molecule has 0 bridgehead atoms. The zero-order valence-electron chi connectivity index (χ0n) is 8.40. The molecule has 0 saturated carbocycles. The summed E-state index contributed by atoms with van der Waals surface area (Å²) in [6, 6.07) is 7.00. The standard InChI is InChI=1S/C10H8ClN3O2/c1-16-10(15)9-8(12-14-13-9)6-3-2-4-7(11)5-6/h2-5H,1H3,(H,12,13,14). The number of methoxy groups -OCH3 is 1. The molecule has 2 rings (SSSR count). The SMILES string of the molecule is COC(=O)c1n[nH]nc1-c1cccc(Cl)c1. The number of rotatable bonds is 2. The second-order valence-corrected chi connectivity index (χ2v) is 3.46. The van der Waals surface area contributed by atoms with Crippen LogP contribution in [0.5, 0.6) is 0 Å². The second-order valence-electron chi connectivity index (χ2n) is 3.02. The number of aromatic nitrogens is 3. The molecule has 1 aromatic carbocycles. The first kappa shape index (κ1) is 10.6. The van der Waals surface area contributed by atoms with E-state index in [4.69, 9.17) is 11.6 Å². The summed E-state index contributed by atoms with van der Waals surface area (Å²) < 4.78 is 4.59. The van der Waals surface area contributed by atoms with Crippen molar-refractivity contribution in [2.24, 2.45) is 0 Å². The molecular weight excluding hydrogens is 230 g/mol. The number of aromatic amines is 1. The fourth-order valence-corrected chi connectivity index (χ4v) is 1.50. The lowest BCUT2D eigenvalue weighted by Crippen LogP contribution is -2.03. The Kier molecular flexibility index (Phi) is 2.87. The number of H-pyrrole nitrogens is 1. The van der Waals surface area contributed by atoms with Gasteiger partial charge in [-0.1, -0.05) is 23.7 Å². The highest BCUT2D eigenvalue weighted by molar-refractivity contribution is 6.30. The number of carbonyl (C=O) groups excluding carboxylic acids is 1. The summed E-state index contributed by atoms with van der Waals surface area (Å²) in [5.74, 6) is -0.538. The van der Waals surface area contributed by atoms with Gasteiger partial charge in [-0.15, -0.1) is 5.10 Å². The van der Waals surface area contributed by atoms with E-state index in [0.717, 1.165) is 0 Å². The Hall–Kier alpha value is -1.88. The molecule has 0 aliphatic carbocycles. The van der Waals surface area contributed by atoms with Gasteiger partial charge in [0, 0.05) is 10.6 Å². The summed E-state index contributed by atoms with van der Waals surface area (Å²) in [5, 5.41) is 10.6. The van der Waals surface area contributed by atoms with Crippen LogP contribution in [-0.2, 0) is 4.74 Å². The maximum atomic E-state index is 11.4. The molecule has 1 heterocycles. The number of hydrogen-bond donors (Lipinski definition) is 1. The van der Waals surface area contributed by atoms with Gasteiger partial charge in [0.2, 0.25) is 0 Å². The molecule has 0 fully saturated rings. The summed E-state index contributed by atoms with van der Waals surface area (Å²) in [6.45, 7) is 0. The fourth-order valence-electron chi connectivity index (χ4n) is 1.31. The zero-order chi connectivity index (χ0) is 11.5. The number of nitrogens with zero attached hydrogens (tertiary/aromatic N) is 2. The van der Waals surface area contributed by atoms with E-state index in [0.29, 0.717) is 16.3 Å². The Morgan fingerprint density at radius 1 is 1.44 bits per heavy atom. The lowest BCUT2D eigenvalue weighted by atomic mass is 10.1. The Labute approximate surface area is 96.4 Å². The third-order valence-electron chi connectivity index (χ3n) is 2.02. The highest BCUT2D eigenvalue weighted by Gasteiger charge is 2.18. The minimum atomic E-state index is -0.538. The van der Waals surface area contributed by atoms with Gasteiger partial charge in [-0.25, -0.2) is 4.79 Å². The summed E-state index contributed by atoms with van der Waals surface area (Å²) in [6.07, 6.45) is 0. The predicted octanol–water partition coefficient (Wildman–Crippen LogP) is 1.91. The molecule has 2 aromatic rings. The molecule has 1 N–H and O–H groups in total. The first-order valence-electron chi connectivity index (χ1n) is 4.47. The molecule has 82 valence electrons. The third-order valence-corrected chi connectivity index (χ3v) is 2.26. The van der Waals surface area contributed by atoms with Gasteiger partial charge in [0.15, 0.2) is 5.69 Å². The van der Waals surface area contributed by atoms with E-state index in [2.05, 4.69) is 20.1 Å². The van der Waals surface area contributed by atoms with E-state index in [1.165, 1.54) is 7.11 Å². The largest absolute Gasteiger partial charge is 0.464 e. The third kappa shape index (κ3) is 1.90. The van der Waals surface area contributed by atoms with Gasteiger partial charge in [0.25, 0.3) is 0 Å².